The van der Waals surface area contributed by atoms with Gasteiger partial charge in [-0.1, -0.05) is 55.4 Å². The molecule has 6 aliphatic carbocycles. The Labute approximate surface area is 504 Å². The van der Waals surface area contributed by atoms with Gasteiger partial charge in [0.1, 0.15) is 23.8 Å². The molecule has 0 radical (unpaired) electrons. The van der Waals surface area contributed by atoms with E-state index in [1.807, 2.05) is 24.3 Å². The highest BCUT2D eigenvalue weighted by atomic mass is 35.5. The number of hydrogen-bond donors (Lipinski definition) is 3. The van der Waals surface area contributed by atoms with Gasteiger partial charge in [-0.05, 0) is 172 Å². The summed E-state index contributed by atoms with van der Waals surface area (Å²) >= 11 is 0. The number of alkyl carbamates (subject to hydrolysis) is 2. The lowest BCUT2D eigenvalue weighted by Gasteiger charge is -2.62. The summed E-state index contributed by atoms with van der Waals surface area (Å²) in [6.07, 6.45) is 14.6. The molecule has 16 nitrogen and oxygen atoms in total. The Morgan fingerprint density at radius 3 is 1.65 bits per heavy atom. The molecule has 6 heterocycles. The Morgan fingerprint density at radius 2 is 1.14 bits per heavy atom. The van der Waals surface area contributed by atoms with E-state index in [9.17, 15) is 33.9 Å². The number of methoxy groups -OCH3 is 1. The quantitative estimate of drug-likeness (QED) is 0.214. The number of amides is 4. The minimum atomic E-state index is -0.741. The molecule has 4 saturated heterocycles. The number of pyridine rings is 2. The number of Topliss-reactive ketones (excluding diaryl/α,β-unsaturated/α-hetero) is 2. The number of hydrogen-bond acceptors (Lipinski definition) is 14. The zero-order valence-electron chi connectivity index (χ0n) is 50.6. The van der Waals surface area contributed by atoms with Gasteiger partial charge < -0.3 is 29.1 Å². The first kappa shape index (κ1) is 63.4. The fraction of sp³-hybridized carbons (Fsp3) is 0.754. The largest absolute Gasteiger partial charge is 0.445 e. The summed E-state index contributed by atoms with van der Waals surface area (Å²) in [5, 5.41) is 17.3. The van der Waals surface area contributed by atoms with Gasteiger partial charge in [0, 0.05) is 104 Å². The molecule has 8 bridgehead atoms. The number of rotatable bonds is 9. The normalized spacial score (nSPS) is 44.4. The summed E-state index contributed by atoms with van der Waals surface area (Å²) in [5.74, 6) is 0.221. The van der Waals surface area contributed by atoms with Crippen molar-refractivity contribution in [2.75, 3.05) is 46.4 Å². The summed E-state index contributed by atoms with van der Waals surface area (Å²) in [6, 6.07) is 7.88. The molecule has 2 aromatic heterocycles. The number of piperidine rings is 2. The topological polar surface area (TPSA) is 207 Å². The van der Waals surface area contributed by atoms with Gasteiger partial charge in [-0.15, -0.1) is 24.8 Å². The number of carbonyl (C=O) groups excluding carboxylic acids is 6. The van der Waals surface area contributed by atoms with E-state index in [-0.39, 0.29) is 112 Å². The Balaban J connectivity index is 0.000000195. The highest BCUT2D eigenvalue weighted by Crippen LogP contribution is 2.70. The molecule has 6 unspecified atom stereocenters. The van der Waals surface area contributed by atoms with Crippen molar-refractivity contribution < 1.29 is 48.1 Å². The Hall–Kier alpha value is -4.06. The van der Waals surface area contributed by atoms with Crippen molar-refractivity contribution in [3.8, 4) is 0 Å². The first-order valence-corrected chi connectivity index (χ1v) is 31.0. The Morgan fingerprint density at radius 1 is 0.651 bits per heavy atom. The second kappa shape index (κ2) is 23.9. The second-order valence-electron chi connectivity index (χ2n) is 28.9. The maximum Gasteiger partial charge on any atom is 0.414 e. The van der Waals surface area contributed by atoms with Crippen LogP contribution in [-0.4, -0.2) is 131 Å². The number of fused-ring (bicyclic) bond motifs is 4. The van der Waals surface area contributed by atoms with Gasteiger partial charge in [0.15, 0.2) is 0 Å². The molecular formula is C65H94Cl2N6O10. The predicted molar refractivity (Wildman–Crippen MR) is 317 cm³/mol. The third kappa shape index (κ3) is 10.8. The lowest BCUT2D eigenvalue weighted by Crippen LogP contribution is -2.64. The van der Waals surface area contributed by atoms with E-state index in [0.717, 1.165) is 95.1 Å². The number of ketones is 2. The third-order valence-corrected chi connectivity index (χ3v) is 25.0. The molecular weight excluding hydrogens is 1100 g/mol. The number of aliphatic hydroxyl groups excluding tert-OH is 1. The maximum atomic E-state index is 14.6. The average Bonchev–Trinajstić information content (AvgIpc) is 4.13. The summed E-state index contributed by atoms with van der Waals surface area (Å²) in [5.41, 5.74) is -0.792. The van der Waals surface area contributed by atoms with Crippen LogP contribution >= 0.6 is 24.8 Å². The van der Waals surface area contributed by atoms with Crippen molar-refractivity contribution in [2.24, 2.45) is 91.7 Å². The number of aliphatic hydroxyl groups is 1. The Kier molecular flexibility index (Phi) is 18.3. The number of carbonyl (C=O) groups is 6. The standard InChI is InChI=1S/C33H47N3O5.C32H45N3O5.2ClH/c1-20-6-11-33-12-7-25(40-5)27(33)32(20,4)26(41-30(39)35-29(38)24-19-36-15-10-23(24)18-36)17-31(3,28(37)21(33)2)16-22-8-13-34-14-9-22;1-19-5-10-32-11-6-24(36)26(32)31(19,4)25(40-29(39)34-28(38)23-18-35-14-9-22(23)17-35)16-30(3,27(37)20(32)2)15-21-7-12-33-13-8-21;;/h8-9,13-14,20-21,23-27H,6-7,10-12,15-19H2,1-5H3,(H,35,38,39);7-8,12-13,19-20,22-23,25-27,37H,5-6,9-11,14-18H2,1-4H3,(H,34,38,39);2*1H/t20-,21+,23-,24+,25-,26-,27?,31-,32+,33?;19-,20+,22-,23+,25-,26?,27+,30-,31+,32?;;/m11../s1. The number of ether oxygens (including phenoxy) is 3. The van der Waals surface area contributed by atoms with E-state index in [2.05, 4.69) is 85.8 Å². The zero-order chi connectivity index (χ0) is 57.6. The molecule has 83 heavy (non-hydrogen) atoms. The molecule has 4 aliphatic heterocycles. The number of nitrogens with zero attached hydrogens (tertiary/aromatic N) is 4. The van der Waals surface area contributed by atoms with Crippen molar-refractivity contribution in [3.05, 3.63) is 60.2 Å². The molecule has 10 fully saturated rings. The predicted octanol–water partition coefficient (Wildman–Crippen LogP) is 9.51. The van der Waals surface area contributed by atoms with Gasteiger partial charge in [-0.25, -0.2) is 9.59 Å². The van der Waals surface area contributed by atoms with E-state index >= 15 is 0 Å². The molecule has 22 atom stereocenters. The Bertz CT molecular complexity index is 2750. The van der Waals surface area contributed by atoms with E-state index in [0.29, 0.717) is 57.0 Å². The van der Waals surface area contributed by atoms with Crippen LogP contribution in [0.4, 0.5) is 9.59 Å². The number of nitrogens with one attached hydrogen (secondary N) is 2. The lowest BCUT2D eigenvalue weighted by atomic mass is 9.43. The highest BCUT2D eigenvalue weighted by Gasteiger charge is 2.70. The van der Waals surface area contributed by atoms with Crippen molar-refractivity contribution in [1.29, 1.82) is 0 Å². The zero-order valence-corrected chi connectivity index (χ0v) is 52.2. The molecule has 0 spiro atoms. The molecule has 10 aliphatic rings. The molecule has 12 rings (SSSR count). The highest BCUT2D eigenvalue weighted by molar-refractivity contribution is 5.95. The van der Waals surface area contributed by atoms with E-state index in [1.54, 1.807) is 31.9 Å². The van der Waals surface area contributed by atoms with Crippen molar-refractivity contribution in [3.63, 3.8) is 0 Å². The third-order valence-electron chi connectivity index (χ3n) is 25.0. The molecule has 458 valence electrons. The van der Waals surface area contributed by atoms with Crippen LogP contribution in [0.3, 0.4) is 0 Å². The smallest absolute Gasteiger partial charge is 0.414 e. The fourth-order valence-corrected chi connectivity index (χ4v) is 20.1. The summed E-state index contributed by atoms with van der Waals surface area (Å²) in [7, 11) is 1.78. The number of imide groups is 2. The van der Waals surface area contributed by atoms with Gasteiger partial charge in [0.2, 0.25) is 11.8 Å². The van der Waals surface area contributed by atoms with Crippen LogP contribution in [0.2, 0.25) is 0 Å². The molecule has 6 saturated carbocycles. The summed E-state index contributed by atoms with van der Waals surface area (Å²) in [4.78, 5) is 94.6. The van der Waals surface area contributed by atoms with Crippen molar-refractivity contribution >= 4 is 60.4 Å². The minimum Gasteiger partial charge on any atom is -0.445 e. The van der Waals surface area contributed by atoms with Gasteiger partial charge >= 0.3 is 12.2 Å². The molecule has 4 amide bonds. The van der Waals surface area contributed by atoms with Gasteiger partial charge in [-0.2, -0.15) is 0 Å². The minimum absolute atomic E-state index is 0. The van der Waals surface area contributed by atoms with Crippen LogP contribution in [-0.2, 0) is 46.2 Å². The number of aromatic nitrogens is 2. The van der Waals surface area contributed by atoms with Gasteiger partial charge in [-0.3, -0.25) is 39.8 Å². The van der Waals surface area contributed by atoms with Gasteiger partial charge in [0.25, 0.3) is 0 Å². The monoisotopic (exact) mass is 1190 g/mol. The van der Waals surface area contributed by atoms with Gasteiger partial charge in [0.05, 0.1) is 24.0 Å². The van der Waals surface area contributed by atoms with Crippen LogP contribution in [0, 0.1) is 91.7 Å². The maximum absolute atomic E-state index is 14.6. The first-order valence-electron chi connectivity index (χ1n) is 31.0. The second-order valence-corrected chi connectivity index (χ2v) is 28.9. The van der Waals surface area contributed by atoms with E-state index in [4.69, 9.17) is 14.2 Å². The van der Waals surface area contributed by atoms with Crippen LogP contribution in [0.25, 0.3) is 0 Å². The molecule has 3 N–H and O–H groups in total. The molecule has 18 heteroatoms. The van der Waals surface area contributed by atoms with Crippen LogP contribution < -0.4 is 10.6 Å². The first-order chi connectivity index (χ1) is 38.5. The summed E-state index contributed by atoms with van der Waals surface area (Å²) < 4.78 is 18.8. The van der Waals surface area contributed by atoms with E-state index in [1.165, 1.54) is 0 Å². The van der Waals surface area contributed by atoms with Crippen LogP contribution in [0.1, 0.15) is 144 Å². The van der Waals surface area contributed by atoms with Crippen LogP contribution in [0.15, 0.2) is 49.1 Å². The van der Waals surface area contributed by atoms with Crippen molar-refractivity contribution in [2.45, 2.75) is 170 Å². The van der Waals surface area contributed by atoms with Crippen LogP contribution in [0.5, 0.6) is 0 Å². The lowest BCUT2D eigenvalue weighted by molar-refractivity contribution is -0.198. The summed E-state index contributed by atoms with van der Waals surface area (Å²) in [6.45, 7) is 22.6. The SMILES string of the molecule is CO[C@@H]1CCC23CC[C@@H](C)[C@](C)(C12)[C@H](OC(=O)NC(=O)[C@H]1CN2CC[C@@H]1C2)C[C@@](C)(Cc1ccncc1)C(=O)[C@@H]3C.C[C@@H]1CCC23CCC(=O)C2[C@]1(C)[C@H](OC(=O)NC(=O)[C@H]1CN2CC[C@@H]1C2)C[C@@](C)(Cc1ccncc1)[C@@H](O)[C@@H]3C.Cl.Cl. The van der Waals surface area contributed by atoms with Crippen molar-refractivity contribution in [1.82, 2.24) is 30.4 Å². The number of halogens is 2. The average molecular weight is 1190 g/mol. The molecule has 2 aromatic rings. The fourth-order valence-electron chi connectivity index (χ4n) is 20.1. The van der Waals surface area contributed by atoms with E-state index < -0.39 is 52.2 Å². The molecule has 0 aromatic carbocycles.